The van der Waals surface area contributed by atoms with Crippen LogP contribution in [0.2, 0.25) is 0 Å². The van der Waals surface area contributed by atoms with E-state index in [-0.39, 0.29) is 0 Å². The molecule has 0 saturated heterocycles. The second kappa shape index (κ2) is 6.74. The standard InChI is InChI=1S/C19H20O5/c1-20-13-7-5-6-12(8-13)19-18(23-4)11-15-16(22-3)9-14(21-2)10-17(15)24-19/h5-10H,11H2,1-4H3. The minimum Gasteiger partial charge on any atom is -0.497 e. The number of ether oxygens (including phenoxy) is 5. The van der Waals surface area contributed by atoms with Crippen molar-refractivity contribution in [3.63, 3.8) is 0 Å². The molecule has 3 rings (SSSR count). The van der Waals surface area contributed by atoms with Crippen LogP contribution in [-0.4, -0.2) is 28.4 Å². The molecule has 126 valence electrons. The molecule has 0 atom stereocenters. The molecule has 0 radical (unpaired) electrons. The maximum atomic E-state index is 6.15. The van der Waals surface area contributed by atoms with Crippen LogP contribution in [0.15, 0.2) is 42.2 Å². The van der Waals surface area contributed by atoms with Gasteiger partial charge < -0.3 is 23.7 Å². The Bertz CT molecular complexity index is 779. The summed E-state index contributed by atoms with van der Waals surface area (Å²) in [6, 6.07) is 11.4. The Balaban J connectivity index is 2.08. The van der Waals surface area contributed by atoms with E-state index in [4.69, 9.17) is 23.7 Å². The fourth-order valence-corrected chi connectivity index (χ4v) is 2.72. The average Bonchev–Trinajstić information content (AvgIpc) is 2.65. The van der Waals surface area contributed by atoms with Crippen LogP contribution in [0.5, 0.6) is 23.0 Å². The van der Waals surface area contributed by atoms with Gasteiger partial charge in [0, 0.05) is 29.7 Å². The van der Waals surface area contributed by atoms with Crippen LogP contribution in [0.3, 0.4) is 0 Å². The van der Waals surface area contributed by atoms with Crippen molar-refractivity contribution in [2.75, 3.05) is 28.4 Å². The van der Waals surface area contributed by atoms with E-state index in [0.717, 1.165) is 22.6 Å². The van der Waals surface area contributed by atoms with Crippen LogP contribution in [-0.2, 0) is 11.2 Å². The Hall–Kier alpha value is -2.82. The van der Waals surface area contributed by atoms with E-state index in [1.807, 2.05) is 36.4 Å². The number of allylic oxidation sites excluding steroid dienone is 1. The monoisotopic (exact) mass is 328 g/mol. The van der Waals surface area contributed by atoms with Crippen molar-refractivity contribution in [3.8, 4) is 23.0 Å². The molecule has 0 bridgehead atoms. The highest BCUT2D eigenvalue weighted by Crippen LogP contribution is 2.42. The van der Waals surface area contributed by atoms with Gasteiger partial charge in [0.25, 0.3) is 0 Å². The van der Waals surface area contributed by atoms with E-state index in [0.29, 0.717) is 29.4 Å². The van der Waals surface area contributed by atoms with Gasteiger partial charge in [0.15, 0.2) is 5.76 Å². The zero-order chi connectivity index (χ0) is 17.1. The van der Waals surface area contributed by atoms with Crippen molar-refractivity contribution in [1.82, 2.24) is 0 Å². The Morgan fingerprint density at radius 2 is 1.62 bits per heavy atom. The molecular weight excluding hydrogens is 308 g/mol. The van der Waals surface area contributed by atoms with E-state index in [2.05, 4.69) is 0 Å². The van der Waals surface area contributed by atoms with Gasteiger partial charge in [-0.2, -0.15) is 0 Å². The Kier molecular flexibility index (Phi) is 4.51. The van der Waals surface area contributed by atoms with Crippen LogP contribution in [0.25, 0.3) is 5.76 Å². The van der Waals surface area contributed by atoms with Crippen LogP contribution in [0.1, 0.15) is 11.1 Å². The lowest BCUT2D eigenvalue weighted by molar-refractivity contribution is 0.263. The number of hydrogen-bond acceptors (Lipinski definition) is 5. The predicted octanol–water partition coefficient (Wildman–Crippen LogP) is 3.66. The normalized spacial score (nSPS) is 13.0. The van der Waals surface area contributed by atoms with Gasteiger partial charge in [0.05, 0.1) is 28.4 Å². The number of fused-ring (bicyclic) bond motifs is 1. The Morgan fingerprint density at radius 1 is 0.833 bits per heavy atom. The number of hydrogen-bond donors (Lipinski definition) is 0. The van der Waals surface area contributed by atoms with Crippen molar-refractivity contribution in [3.05, 3.63) is 53.3 Å². The van der Waals surface area contributed by atoms with E-state index < -0.39 is 0 Å². The number of rotatable bonds is 5. The van der Waals surface area contributed by atoms with Gasteiger partial charge in [0.1, 0.15) is 28.8 Å². The smallest absolute Gasteiger partial charge is 0.172 e. The van der Waals surface area contributed by atoms with Crippen molar-refractivity contribution >= 4 is 5.76 Å². The van der Waals surface area contributed by atoms with E-state index in [9.17, 15) is 0 Å². The summed E-state index contributed by atoms with van der Waals surface area (Å²) in [5, 5.41) is 0. The van der Waals surface area contributed by atoms with Crippen molar-refractivity contribution in [2.45, 2.75) is 6.42 Å². The highest BCUT2D eigenvalue weighted by atomic mass is 16.5. The number of methoxy groups -OCH3 is 4. The Morgan fingerprint density at radius 3 is 2.29 bits per heavy atom. The Labute approximate surface area is 141 Å². The summed E-state index contributed by atoms with van der Waals surface area (Å²) in [5.41, 5.74) is 1.82. The van der Waals surface area contributed by atoms with E-state index >= 15 is 0 Å². The molecule has 0 aliphatic carbocycles. The van der Waals surface area contributed by atoms with Gasteiger partial charge in [-0.3, -0.25) is 0 Å². The minimum atomic E-state index is 0.575. The molecule has 24 heavy (non-hydrogen) atoms. The van der Waals surface area contributed by atoms with E-state index in [1.165, 1.54) is 0 Å². The molecule has 1 heterocycles. The lowest BCUT2D eigenvalue weighted by atomic mass is 10.0. The van der Waals surface area contributed by atoms with Crippen LogP contribution in [0, 0.1) is 0 Å². The molecule has 5 nitrogen and oxygen atoms in total. The zero-order valence-corrected chi connectivity index (χ0v) is 14.2. The van der Waals surface area contributed by atoms with Crippen molar-refractivity contribution in [1.29, 1.82) is 0 Å². The van der Waals surface area contributed by atoms with Gasteiger partial charge in [-0.05, 0) is 12.1 Å². The zero-order valence-electron chi connectivity index (χ0n) is 14.2. The first kappa shape index (κ1) is 16.1. The van der Waals surface area contributed by atoms with Gasteiger partial charge in [-0.1, -0.05) is 12.1 Å². The number of benzene rings is 2. The SMILES string of the molecule is COC1=C(c2cccc(OC)c2)Oc2cc(OC)cc(OC)c2C1. The maximum Gasteiger partial charge on any atom is 0.172 e. The summed E-state index contributed by atoms with van der Waals surface area (Å²) in [4.78, 5) is 0. The molecule has 0 amide bonds. The lowest BCUT2D eigenvalue weighted by Gasteiger charge is -2.25. The summed E-state index contributed by atoms with van der Waals surface area (Å²) in [6.07, 6.45) is 0.575. The molecular formula is C19H20O5. The molecule has 2 aromatic rings. The summed E-state index contributed by atoms with van der Waals surface area (Å²) >= 11 is 0. The summed E-state index contributed by atoms with van der Waals surface area (Å²) in [7, 11) is 6.52. The lowest BCUT2D eigenvalue weighted by Crippen LogP contribution is -2.12. The van der Waals surface area contributed by atoms with Gasteiger partial charge >= 0.3 is 0 Å². The second-order valence-electron chi connectivity index (χ2n) is 5.27. The topological polar surface area (TPSA) is 46.2 Å². The van der Waals surface area contributed by atoms with Gasteiger partial charge in [0.2, 0.25) is 0 Å². The largest absolute Gasteiger partial charge is 0.497 e. The van der Waals surface area contributed by atoms with Crippen molar-refractivity contribution < 1.29 is 23.7 Å². The fourth-order valence-electron chi connectivity index (χ4n) is 2.72. The van der Waals surface area contributed by atoms with Gasteiger partial charge in [-0.25, -0.2) is 0 Å². The molecule has 1 aliphatic heterocycles. The van der Waals surface area contributed by atoms with Crippen LogP contribution >= 0.6 is 0 Å². The minimum absolute atomic E-state index is 0.575. The first-order valence-corrected chi connectivity index (χ1v) is 7.54. The fraction of sp³-hybridized carbons (Fsp3) is 0.263. The molecule has 0 aromatic heterocycles. The van der Waals surface area contributed by atoms with Gasteiger partial charge in [-0.15, -0.1) is 0 Å². The summed E-state index contributed by atoms with van der Waals surface area (Å²) in [5.74, 6) is 4.25. The maximum absolute atomic E-state index is 6.15. The molecule has 2 aromatic carbocycles. The molecule has 5 heteroatoms. The third kappa shape index (κ3) is 2.85. The van der Waals surface area contributed by atoms with Crippen molar-refractivity contribution in [2.24, 2.45) is 0 Å². The molecule has 0 spiro atoms. The summed E-state index contributed by atoms with van der Waals surface area (Å²) < 4.78 is 27.8. The molecule has 0 N–H and O–H groups in total. The van der Waals surface area contributed by atoms with Crippen LogP contribution in [0.4, 0.5) is 0 Å². The average molecular weight is 328 g/mol. The van der Waals surface area contributed by atoms with Crippen LogP contribution < -0.4 is 18.9 Å². The first-order valence-electron chi connectivity index (χ1n) is 7.54. The molecule has 0 fully saturated rings. The highest BCUT2D eigenvalue weighted by molar-refractivity contribution is 5.70. The molecule has 0 saturated carbocycles. The third-order valence-electron chi connectivity index (χ3n) is 3.98. The first-order chi connectivity index (χ1) is 11.7. The quantitative estimate of drug-likeness (QED) is 0.838. The predicted molar refractivity (Wildman–Crippen MR) is 90.8 cm³/mol. The van der Waals surface area contributed by atoms with E-state index in [1.54, 1.807) is 28.4 Å². The highest BCUT2D eigenvalue weighted by Gasteiger charge is 2.26. The molecule has 0 unspecified atom stereocenters. The summed E-state index contributed by atoms with van der Waals surface area (Å²) in [6.45, 7) is 0. The molecule has 1 aliphatic rings. The third-order valence-corrected chi connectivity index (χ3v) is 3.98. The second-order valence-corrected chi connectivity index (χ2v) is 5.27.